The molecule has 1 aliphatic heterocycles. The summed E-state index contributed by atoms with van der Waals surface area (Å²) >= 11 is 1.53. The number of likely N-dealkylation sites (tertiary alicyclic amines) is 1. The Kier molecular flexibility index (Phi) is 5.77. The number of thiazole rings is 1. The number of sulfonamides is 1. The van der Waals surface area contributed by atoms with Crippen molar-refractivity contribution < 1.29 is 13.2 Å². The van der Waals surface area contributed by atoms with Gasteiger partial charge in [-0.15, -0.1) is 11.3 Å². The standard InChI is InChI=1S/C21H24N4O3S2/c1-15-14-19(16(2)25(15)21-22-10-13-29-21)20(26)24-11-8-17(9-12-24)23-30(27,28)18-6-4-3-5-7-18/h3-7,10,13-14,17,23H,8-9,11-12H2,1-2H3. The number of benzene rings is 1. The number of hydrogen-bond acceptors (Lipinski definition) is 5. The zero-order valence-corrected chi connectivity index (χ0v) is 18.5. The number of carbonyl (C=O) groups is 1. The van der Waals surface area contributed by atoms with Crippen LogP contribution in [0.2, 0.25) is 0 Å². The Bertz CT molecular complexity index is 1130. The Morgan fingerprint density at radius 3 is 2.50 bits per heavy atom. The molecular weight excluding hydrogens is 420 g/mol. The monoisotopic (exact) mass is 444 g/mol. The summed E-state index contributed by atoms with van der Waals surface area (Å²) < 4.78 is 29.8. The van der Waals surface area contributed by atoms with Gasteiger partial charge in [-0.3, -0.25) is 9.36 Å². The molecule has 4 rings (SSSR count). The molecule has 0 radical (unpaired) electrons. The van der Waals surface area contributed by atoms with E-state index < -0.39 is 10.0 Å². The lowest BCUT2D eigenvalue weighted by Crippen LogP contribution is -2.46. The van der Waals surface area contributed by atoms with E-state index in [4.69, 9.17) is 0 Å². The zero-order valence-electron chi connectivity index (χ0n) is 16.9. The van der Waals surface area contributed by atoms with Crippen molar-refractivity contribution in [3.8, 4) is 5.13 Å². The number of nitrogens with zero attached hydrogens (tertiary/aromatic N) is 3. The van der Waals surface area contributed by atoms with Crippen molar-refractivity contribution in [2.45, 2.75) is 37.6 Å². The van der Waals surface area contributed by atoms with Gasteiger partial charge in [0.15, 0.2) is 5.13 Å². The number of aromatic nitrogens is 2. The van der Waals surface area contributed by atoms with Crippen molar-refractivity contribution in [2.24, 2.45) is 0 Å². The van der Waals surface area contributed by atoms with E-state index in [1.54, 1.807) is 41.4 Å². The fourth-order valence-corrected chi connectivity index (χ4v) is 5.94. The minimum atomic E-state index is -3.55. The maximum atomic E-state index is 13.1. The highest BCUT2D eigenvalue weighted by Gasteiger charge is 2.29. The fraction of sp³-hybridized carbons (Fsp3) is 0.333. The van der Waals surface area contributed by atoms with Crippen molar-refractivity contribution in [2.75, 3.05) is 13.1 Å². The van der Waals surface area contributed by atoms with E-state index in [9.17, 15) is 13.2 Å². The zero-order chi connectivity index (χ0) is 21.3. The number of aryl methyl sites for hydroxylation is 1. The van der Waals surface area contributed by atoms with Crippen molar-refractivity contribution >= 4 is 27.3 Å². The lowest BCUT2D eigenvalue weighted by molar-refractivity contribution is 0.0710. The maximum absolute atomic E-state index is 13.1. The third-order valence-electron chi connectivity index (χ3n) is 5.43. The van der Waals surface area contributed by atoms with Gasteiger partial charge >= 0.3 is 0 Å². The second-order valence-electron chi connectivity index (χ2n) is 7.44. The lowest BCUT2D eigenvalue weighted by Gasteiger charge is -2.32. The first kappa shape index (κ1) is 20.8. The molecule has 3 aromatic rings. The Balaban J connectivity index is 1.42. The van der Waals surface area contributed by atoms with Crippen LogP contribution in [0.4, 0.5) is 0 Å². The van der Waals surface area contributed by atoms with Gasteiger partial charge in [0.05, 0.1) is 10.5 Å². The predicted molar refractivity (Wildman–Crippen MR) is 117 cm³/mol. The molecule has 30 heavy (non-hydrogen) atoms. The molecule has 7 nitrogen and oxygen atoms in total. The molecule has 1 aromatic carbocycles. The van der Waals surface area contributed by atoms with Gasteiger partial charge in [-0.1, -0.05) is 18.2 Å². The van der Waals surface area contributed by atoms with E-state index in [1.165, 1.54) is 11.3 Å². The van der Waals surface area contributed by atoms with Crippen LogP contribution < -0.4 is 4.72 Å². The molecule has 0 unspecified atom stereocenters. The molecule has 0 aliphatic carbocycles. The first-order valence-corrected chi connectivity index (χ1v) is 12.2. The summed E-state index contributed by atoms with van der Waals surface area (Å²) in [7, 11) is -3.55. The van der Waals surface area contributed by atoms with Crippen LogP contribution in [0.25, 0.3) is 5.13 Å². The van der Waals surface area contributed by atoms with Crippen LogP contribution in [0.15, 0.2) is 52.9 Å². The summed E-state index contributed by atoms with van der Waals surface area (Å²) in [5.41, 5.74) is 2.52. The van der Waals surface area contributed by atoms with Crippen molar-refractivity contribution in [3.63, 3.8) is 0 Å². The van der Waals surface area contributed by atoms with Gasteiger partial charge in [-0.2, -0.15) is 0 Å². The van der Waals surface area contributed by atoms with Crippen LogP contribution in [-0.4, -0.2) is 47.9 Å². The van der Waals surface area contributed by atoms with Gasteiger partial charge in [-0.25, -0.2) is 18.1 Å². The smallest absolute Gasteiger partial charge is 0.255 e. The molecule has 1 aliphatic rings. The van der Waals surface area contributed by atoms with E-state index in [0.717, 1.165) is 16.5 Å². The minimum absolute atomic E-state index is 0.0183. The van der Waals surface area contributed by atoms with Gasteiger partial charge in [0.25, 0.3) is 5.91 Å². The average Bonchev–Trinajstić information content (AvgIpc) is 3.36. The van der Waals surface area contributed by atoms with E-state index in [1.807, 2.05) is 29.9 Å². The number of rotatable bonds is 5. The number of nitrogens with one attached hydrogen (secondary N) is 1. The van der Waals surface area contributed by atoms with Gasteiger partial charge in [0.2, 0.25) is 10.0 Å². The molecule has 158 valence electrons. The van der Waals surface area contributed by atoms with Crippen molar-refractivity contribution in [3.05, 3.63) is 64.9 Å². The van der Waals surface area contributed by atoms with E-state index in [0.29, 0.717) is 31.5 Å². The molecular formula is C21H24N4O3S2. The molecule has 2 aromatic heterocycles. The highest BCUT2D eigenvalue weighted by molar-refractivity contribution is 7.89. The largest absolute Gasteiger partial charge is 0.338 e. The molecule has 1 amide bonds. The van der Waals surface area contributed by atoms with Crippen LogP contribution in [0, 0.1) is 13.8 Å². The number of amides is 1. The Labute approximate surface area is 180 Å². The minimum Gasteiger partial charge on any atom is -0.338 e. The van der Waals surface area contributed by atoms with Crippen LogP contribution >= 0.6 is 11.3 Å². The Morgan fingerprint density at radius 2 is 1.87 bits per heavy atom. The van der Waals surface area contributed by atoms with Gasteiger partial charge < -0.3 is 4.90 Å². The lowest BCUT2D eigenvalue weighted by atomic mass is 10.0. The van der Waals surface area contributed by atoms with Crippen LogP contribution in [-0.2, 0) is 10.0 Å². The van der Waals surface area contributed by atoms with Gasteiger partial charge in [0.1, 0.15) is 0 Å². The molecule has 9 heteroatoms. The first-order chi connectivity index (χ1) is 14.4. The summed E-state index contributed by atoms with van der Waals surface area (Å²) in [6.45, 7) is 4.93. The van der Waals surface area contributed by atoms with Crippen LogP contribution in [0.1, 0.15) is 34.6 Å². The normalized spacial score (nSPS) is 15.5. The molecule has 1 saturated heterocycles. The molecule has 3 heterocycles. The van der Waals surface area contributed by atoms with Crippen LogP contribution in [0.3, 0.4) is 0 Å². The second-order valence-corrected chi connectivity index (χ2v) is 10.0. The van der Waals surface area contributed by atoms with Gasteiger partial charge in [0, 0.05) is 42.1 Å². The second kappa shape index (κ2) is 8.33. The van der Waals surface area contributed by atoms with E-state index in [2.05, 4.69) is 9.71 Å². The first-order valence-electron chi connectivity index (χ1n) is 9.82. The van der Waals surface area contributed by atoms with E-state index in [-0.39, 0.29) is 16.8 Å². The topological polar surface area (TPSA) is 84.3 Å². The maximum Gasteiger partial charge on any atom is 0.255 e. The van der Waals surface area contributed by atoms with Crippen LogP contribution in [0.5, 0.6) is 0 Å². The Hall–Kier alpha value is -2.49. The third kappa shape index (κ3) is 4.05. The highest BCUT2D eigenvalue weighted by Crippen LogP contribution is 2.24. The number of hydrogen-bond donors (Lipinski definition) is 1. The molecule has 0 spiro atoms. The average molecular weight is 445 g/mol. The predicted octanol–water partition coefficient (Wildman–Crippen LogP) is 3.13. The van der Waals surface area contributed by atoms with Crippen molar-refractivity contribution in [1.82, 2.24) is 19.2 Å². The molecule has 1 fully saturated rings. The molecule has 0 atom stereocenters. The quantitative estimate of drug-likeness (QED) is 0.655. The summed E-state index contributed by atoms with van der Waals surface area (Å²) in [5.74, 6) is -0.0183. The summed E-state index contributed by atoms with van der Waals surface area (Å²) in [6, 6.07) is 10.1. The molecule has 0 bridgehead atoms. The molecule has 0 saturated carbocycles. The SMILES string of the molecule is Cc1cc(C(=O)N2CCC(NS(=O)(=O)c3ccccc3)CC2)c(C)n1-c1nccs1. The number of piperidine rings is 1. The van der Waals surface area contributed by atoms with Crippen molar-refractivity contribution in [1.29, 1.82) is 0 Å². The third-order valence-corrected chi connectivity index (χ3v) is 7.72. The Morgan fingerprint density at radius 1 is 1.17 bits per heavy atom. The summed E-state index contributed by atoms with van der Waals surface area (Å²) in [6.07, 6.45) is 2.92. The summed E-state index contributed by atoms with van der Waals surface area (Å²) in [4.78, 5) is 19.5. The van der Waals surface area contributed by atoms with Gasteiger partial charge in [-0.05, 0) is 44.9 Å². The fourth-order valence-electron chi connectivity index (χ4n) is 3.86. The molecule has 1 N–H and O–H groups in total. The highest BCUT2D eigenvalue weighted by atomic mass is 32.2. The summed E-state index contributed by atoms with van der Waals surface area (Å²) in [5, 5.41) is 2.76. The number of carbonyl (C=O) groups excluding carboxylic acids is 1. The van der Waals surface area contributed by atoms with E-state index >= 15 is 0 Å².